The van der Waals surface area contributed by atoms with Crippen molar-refractivity contribution in [3.63, 3.8) is 0 Å². The van der Waals surface area contributed by atoms with Gasteiger partial charge in [-0.1, -0.05) is 25.4 Å². The van der Waals surface area contributed by atoms with Crippen LogP contribution in [0.25, 0.3) is 0 Å². The molecule has 0 saturated heterocycles. The minimum absolute atomic E-state index is 0.120. The third-order valence-electron chi connectivity index (χ3n) is 2.50. The molecule has 0 unspecified atom stereocenters. The fourth-order valence-corrected chi connectivity index (χ4v) is 2.07. The summed E-state index contributed by atoms with van der Waals surface area (Å²) >= 11 is 6.17. The molecule has 2 N–H and O–H groups in total. The van der Waals surface area contributed by atoms with Crippen molar-refractivity contribution in [1.29, 1.82) is 0 Å². The third kappa shape index (κ3) is 2.61. The first-order valence-electron chi connectivity index (χ1n) is 4.92. The highest BCUT2D eigenvalue weighted by atomic mass is 35.5. The Morgan fingerprint density at radius 2 is 2.20 bits per heavy atom. The minimum atomic E-state index is -0.120. The van der Waals surface area contributed by atoms with Gasteiger partial charge < -0.3 is 10.5 Å². The van der Waals surface area contributed by atoms with Crippen molar-refractivity contribution in [2.75, 3.05) is 13.7 Å². The van der Waals surface area contributed by atoms with Gasteiger partial charge in [-0.25, -0.2) is 4.98 Å². The smallest absolute Gasteiger partial charge is 0.218 e. The van der Waals surface area contributed by atoms with Crippen LogP contribution < -0.4 is 10.5 Å². The molecule has 84 valence electrons. The van der Waals surface area contributed by atoms with Gasteiger partial charge in [0.2, 0.25) is 5.88 Å². The van der Waals surface area contributed by atoms with Gasteiger partial charge in [-0.2, -0.15) is 0 Å². The van der Waals surface area contributed by atoms with Gasteiger partial charge in [0.05, 0.1) is 12.1 Å². The van der Waals surface area contributed by atoms with Crippen molar-refractivity contribution in [1.82, 2.24) is 4.98 Å². The zero-order valence-electron chi connectivity index (χ0n) is 9.38. The summed E-state index contributed by atoms with van der Waals surface area (Å²) in [6.07, 6.45) is 2.48. The highest BCUT2D eigenvalue weighted by Crippen LogP contribution is 2.37. The molecule has 3 nitrogen and oxygen atoms in total. The number of aromatic nitrogens is 1. The molecule has 0 radical (unpaired) electrons. The van der Waals surface area contributed by atoms with Crippen LogP contribution in [0.1, 0.15) is 25.8 Å². The molecule has 0 bridgehead atoms. The molecule has 1 aromatic heterocycles. The van der Waals surface area contributed by atoms with E-state index in [1.807, 2.05) is 0 Å². The highest BCUT2D eigenvalue weighted by Gasteiger charge is 2.27. The lowest BCUT2D eigenvalue weighted by Gasteiger charge is -2.26. The van der Waals surface area contributed by atoms with Crippen LogP contribution in [0.4, 0.5) is 0 Å². The molecule has 0 aliphatic heterocycles. The minimum Gasteiger partial charge on any atom is -0.481 e. The Kier molecular flexibility index (Phi) is 3.94. The maximum Gasteiger partial charge on any atom is 0.218 e. The van der Waals surface area contributed by atoms with E-state index in [1.54, 1.807) is 19.4 Å². The van der Waals surface area contributed by atoms with Gasteiger partial charge in [-0.05, 0) is 24.4 Å². The number of nitrogens with zero attached hydrogens (tertiary/aromatic N) is 1. The third-order valence-corrected chi connectivity index (χ3v) is 2.82. The van der Waals surface area contributed by atoms with E-state index in [0.29, 0.717) is 17.4 Å². The Hall–Kier alpha value is -0.800. The first-order valence-corrected chi connectivity index (χ1v) is 5.29. The van der Waals surface area contributed by atoms with Crippen LogP contribution in [0, 0.1) is 0 Å². The second-order valence-electron chi connectivity index (χ2n) is 4.10. The largest absolute Gasteiger partial charge is 0.481 e. The molecule has 0 fully saturated rings. The summed E-state index contributed by atoms with van der Waals surface area (Å²) in [6.45, 7) is 4.79. The Morgan fingerprint density at radius 3 is 2.73 bits per heavy atom. The fourth-order valence-electron chi connectivity index (χ4n) is 1.67. The van der Waals surface area contributed by atoms with Crippen LogP contribution in [0.15, 0.2) is 12.3 Å². The molecule has 0 atom stereocenters. The van der Waals surface area contributed by atoms with Gasteiger partial charge in [-0.15, -0.1) is 0 Å². The molecule has 0 aliphatic carbocycles. The van der Waals surface area contributed by atoms with Crippen molar-refractivity contribution in [2.24, 2.45) is 5.73 Å². The van der Waals surface area contributed by atoms with Gasteiger partial charge in [0.25, 0.3) is 0 Å². The summed E-state index contributed by atoms with van der Waals surface area (Å²) in [5, 5.41) is 0.681. The summed E-state index contributed by atoms with van der Waals surface area (Å²) in [4.78, 5) is 4.16. The Balaban J connectivity index is 3.21. The molecule has 1 aromatic rings. The summed E-state index contributed by atoms with van der Waals surface area (Å²) in [6, 6.07) is 1.78. The van der Waals surface area contributed by atoms with Gasteiger partial charge in [-0.3, -0.25) is 0 Å². The molecule has 15 heavy (non-hydrogen) atoms. The molecule has 1 heterocycles. The maximum atomic E-state index is 6.17. The molecule has 0 aromatic carbocycles. The quantitative estimate of drug-likeness (QED) is 0.861. The van der Waals surface area contributed by atoms with Crippen molar-refractivity contribution >= 4 is 11.6 Å². The van der Waals surface area contributed by atoms with Gasteiger partial charge in [0, 0.05) is 11.8 Å². The number of methoxy groups -OCH3 is 1. The van der Waals surface area contributed by atoms with Crippen molar-refractivity contribution in [2.45, 2.75) is 25.7 Å². The fraction of sp³-hybridized carbons (Fsp3) is 0.545. The predicted molar refractivity (Wildman–Crippen MR) is 62.5 cm³/mol. The summed E-state index contributed by atoms with van der Waals surface area (Å²) in [5.74, 6) is 0.584. The first-order chi connectivity index (χ1) is 7.03. The number of ether oxygens (including phenoxy) is 1. The van der Waals surface area contributed by atoms with E-state index in [0.717, 1.165) is 12.0 Å². The van der Waals surface area contributed by atoms with E-state index >= 15 is 0 Å². The van der Waals surface area contributed by atoms with Crippen molar-refractivity contribution in [3.8, 4) is 5.88 Å². The zero-order valence-corrected chi connectivity index (χ0v) is 10.1. The summed E-state index contributed by atoms with van der Waals surface area (Å²) in [7, 11) is 1.60. The van der Waals surface area contributed by atoms with E-state index < -0.39 is 0 Å². The number of halogens is 1. The van der Waals surface area contributed by atoms with Crippen molar-refractivity contribution < 1.29 is 4.74 Å². The molecular formula is C11H17ClN2O. The highest BCUT2D eigenvalue weighted by molar-refractivity contribution is 6.31. The SMILES string of the molecule is COc1nccc(Cl)c1C(C)(C)CCN. The monoisotopic (exact) mass is 228 g/mol. The van der Waals surface area contributed by atoms with E-state index in [-0.39, 0.29) is 5.41 Å². The van der Waals surface area contributed by atoms with E-state index in [2.05, 4.69) is 18.8 Å². The number of hydrogen-bond acceptors (Lipinski definition) is 3. The van der Waals surface area contributed by atoms with Crippen LogP contribution in [0.5, 0.6) is 5.88 Å². The van der Waals surface area contributed by atoms with Crippen LogP contribution >= 0.6 is 11.6 Å². The maximum absolute atomic E-state index is 6.17. The second kappa shape index (κ2) is 4.81. The lowest BCUT2D eigenvalue weighted by atomic mass is 9.82. The lowest BCUT2D eigenvalue weighted by Crippen LogP contribution is -2.23. The predicted octanol–water partition coefficient (Wildman–Crippen LogP) is 2.37. The Morgan fingerprint density at radius 1 is 1.53 bits per heavy atom. The summed E-state index contributed by atoms with van der Waals surface area (Å²) in [5.41, 5.74) is 6.40. The van der Waals surface area contributed by atoms with Crippen LogP contribution in [-0.4, -0.2) is 18.6 Å². The molecule has 1 rings (SSSR count). The van der Waals surface area contributed by atoms with E-state index in [9.17, 15) is 0 Å². The molecule has 0 saturated carbocycles. The number of hydrogen-bond donors (Lipinski definition) is 1. The normalized spacial score (nSPS) is 11.5. The van der Waals surface area contributed by atoms with Gasteiger partial charge >= 0.3 is 0 Å². The molecule has 0 aliphatic rings. The average molecular weight is 229 g/mol. The molecule has 4 heteroatoms. The zero-order chi connectivity index (χ0) is 11.5. The molecule has 0 spiro atoms. The van der Waals surface area contributed by atoms with Crippen LogP contribution in [0.2, 0.25) is 5.02 Å². The number of pyridine rings is 1. The van der Waals surface area contributed by atoms with E-state index in [4.69, 9.17) is 22.1 Å². The van der Waals surface area contributed by atoms with Crippen LogP contribution in [0.3, 0.4) is 0 Å². The first kappa shape index (κ1) is 12.3. The standard InChI is InChI=1S/C11H17ClN2O/c1-11(2,5-6-13)9-8(12)4-7-14-10(9)15-3/h4,7H,5-6,13H2,1-3H3. The Labute approximate surface area is 95.6 Å². The second-order valence-corrected chi connectivity index (χ2v) is 4.51. The van der Waals surface area contributed by atoms with Gasteiger partial charge in [0.1, 0.15) is 0 Å². The molecule has 0 amide bonds. The van der Waals surface area contributed by atoms with Crippen molar-refractivity contribution in [3.05, 3.63) is 22.8 Å². The number of rotatable bonds is 4. The molecular weight excluding hydrogens is 212 g/mol. The van der Waals surface area contributed by atoms with Gasteiger partial charge in [0.15, 0.2) is 0 Å². The summed E-state index contributed by atoms with van der Waals surface area (Å²) < 4.78 is 5.22. The Bertz CT molecular complexity index is 339. The lowest BCUT2D eigenvalue weighted by molar-refractivity contribution is 0.371. The number of nitrogens with two attached hydrogens (primary N) is 1. The van der Waals surface area contributed by atoms with E-state index in [1.165, 1.54) is 0 Å². The average Bonchev–Trinajstić information content (AvgIpc) is 2.16. The topological polar surface area (TPSA) is 48.1 Å². The van der Waals surface area contributed by atoms with Crippen LogP contribution in [-0.2, 0) is 5.41 Å².